The van der Waals surface area contributed by atoms with Crippen LogP contribution in [0.1, 0.15) is 50.3 Å². The van der Waals surface area contributed by atoms with Crippen LogP contribution in [0.3, 0.4) is 0 Å². The highest BCUT2D eigenvalue weighted by Crippen LogP contribution is 2.29. The molecule has 1 aliphatic rings. The lowest BCUT2D eigenvalue weighted by molar-refractivity contribution is 0.222. The van der Waals surface area contributed by atoms with Crippen LogP contribution in [0.15, 0.2) is 55.2 Å². The predicted octanol–water partition coefficient (Wildman–Crippen LogP) is 4.54. The second kappa shape index (κ2) is 9.26. The van der Waals surface area contributed by atoms with Crippen LogP contribution in [0, 0.1) is 0 Å². The van der Waals surface area contributed by atoms with Crippen molar-refractivity contribution < 1.29 is 4.79 Å². The van der Waals surface area contributed by atoms with Gasteiger partial charge in [-0.3, -0.25) is 14.6 Å². The van der Waals surface area contributed by atoms with Crippen molar-refractivity contribution in [2.75, 3.05) is 0 Å². The Kier molecular flexibility index (Phi) is 6.28. The summed E-state index contributed by atoms with van der Waals surface area (Å²) >= 11 is 5.93. The summed E-state index contributed by atoms with van der Waals surface area (Å²) in [6.07, 6.45) is 12.7. The summed E-state index contributed by atoms with van der Waals surface area (Å²) in [5.74, 6) is 0. The summed E-state index contributed by atoms with van der Waals surface area (Å²) in [6.45, 7) is 1.96. The topological polar surface area (TPSA) is 84.7 Å². The Labute approximate surface area is 180 Å². The van der Waals surface area contributed by atoms with Crippen molar-refractivity contribution in [3.8, 4) is 11.3 Å². The van der Waals surface area contributed by atoms with Gasteiger partial charge < -0.3 is 10.6 Å². The number of halogens is 1. The Morgan fingerprint density at radius 1 is 1.13 bits per heavy atom. The molecule has 0 saturated heterocycles. The van der Waals surface area contributed by atoms with Crippen molar-refractivity contribution in [3.63, 3.8) is 0 Å². The normalized spacial score (nSPS) is 19.8. The summed E-state index contributed by atoms with van der Waals surface area (Å²) in [4.78, 5) is 20.8. The van der Waals surface area contributed by atoms with E-state index >= 15 is 0 Å². The molecule has 30 heavy (non-hydrogen) atoms. The third kappa shape index (κ3) is 4.97. The predicted molar refractivity (Wildman–Crippen MR) is 116 cm³/mol. The maximum atomic E-state index is 12.4. The van der Waals surface area contributed by atoms with Gasteiger partial charge in [-0.15, -0.1) is 0 Å². The first-order valence-electron chi connectivity index (χ1n) is 10.2. The molecule has 2 aromatic heterocycles. The molecule has 1 aromatic carbocycles. The molecule has 0 aliphatic heterocycles. The van der Waals surface area contributed by atoms with Crippen LogP contribution in [-0.2, 0) is 0 Å². The van der Waals surface area contributed by atoms with Gasteiger partial charge in [0.2, 0.25) is 0 Å². The van der Waals surface area contributed by atoms with Gasteiger partial charge in [0, 0.05) is 35.2 Å². The molecule has 0 unspecified atom stereocenters. The number of carbonyl (C=O) groups excluding carboxylic acids is 1. The fourth-order valence-corrected chi connectivity index (χ4v) is 3.99. The third-order valence-corrected chi connectivity index (χ3v) is 5.84. The van der Waals surface area contributed by atoms with Crippen LogP contribution >= 0.6 is 11.6 Å². The van der Waals surface area contributed by atoms with Crippen LogP contribution in [0.5, 0.6) is 0 Å². The minimum atomic E-state index is -0.134. The van der Waals surface area contributed by atoms with E-state index in [1.165, 1.54) is 0 Å². The number of hydrogen-bond donors (Lipinski definition) is 2. The first kappa shape index (κ1) is 20.3. The number of hydrogen-bond acceptors (Lipinski definition) is 4. The lowest BCUT2D eigenvalue weighted by atomic mass is 9.91. The van der Waals surface area contributed by atoms with E-state index in [9.17, 15) is 4.79 Å². The quantitative estimate of drug-likeness (QED) is 0.629. The molecule has 0 bridgehead atoms. The fraction of sp³-hybridized carbons (Fsp3) is 0.364. The molecule has 1 atom stereocenters. The zero-order chi connectivity index (χ0) is 20.9. The van der Waals surface area contributed by atoms with E-state index in [4.69, 9.17) is 11.6 Å². The number of rotatable bonds is 5. The molecular weight excluding hydrogens is 400 g/mol. The number of urea groups is 1. The third-order valence-electron chi connectivity index (χ3n) is 5.58. The van der Waals surface area contributed by atoms with Crippen molar-refractivity contribution in [1.82, 2.24) is 30.4 Å². The molecule has 3 aromatic rings. The number of carbonyl (C=O) groups is 1. The number of benzene rings is 1. The van der Waals surface area contributed by atoms with E-state index in [2.05, 4.69) is 25.7 Å². The molecule has 1 saturated carbocycles. The standard InChI is InChI=1S/C22H25ClN6O/c1-15(16-2-4-18(23)5-3-16)27-22(30)28-19-6-8-20(9-7-19)29-14-17(12-26-29)21-13-24-10-11-25-21/h2-5,10-15,19-20H,6-9H2,1H3,(H2,27,28,30)/t15-,19?,20?/m0/s1. The fourth-order valence-electron chi connectivity index (χ4n) is 3.86. The molecule has 1 fully saturated rings. The second-order valence-electron chi connectivity index (χ2n) is 7.70. The molecule has 8 heteroatoms. The van der Waals surface area contributed by atoms with Gasteiger partial charge in [-0.05, 0) is 50.3 Å². The van der Waals surface area contributed by atoms with Crippen LogP contribution in [0.4, 0.5) is 4.79 Å². The minimum Gasteiger partial charge on any atom is -0.335 e. The number of aromatic nitrogens is 4. The number of amides is 2. The molecule has 0 radical (unpaired) electrons. The van der Waals surface area contributed by atoms with E-state index in [1.54, 1.807) is 18.6 Å². The number of nitrogens with one attached hydrogen (secondary N) is 2. The van der Waals surface area contributed by atoms with Gasteiger partial charge in [-0.25, -0.2) is 4.79 Å². The largest absolute Gasteiger partial charge is 0.335 e. The van der Waals surface area contributed by atoms with Gasteiger partial charge in [-0.2, -0.15) is 5.10 Å². The van der Waals surface area contributed by atoms with Crippen molar-refractivity contribution in [2.24, 2.45) is 0 Å². The molecule has 2 N–H and O–H groups in total. The van der Waals surface area contributed by atoms with Gasteiger partial charge in [0.15, 0.2) is 0 Å². The SMILES string of the molecule is C[C@H](NC(=O)NC1CCC(n2cc(-c3cnccn3)cn2)CC1)c1ccc(Cl)cc1. The maximum Gasteiger partial charge on any atom is 0.315 e. The van der Waals surface area contributed by atoms with Crippen LogP contribution < -0.4 is 10.6 Å². The Balaban J connectivity index is 1.26. The van der Waals surface area contributed by atoms with E-state index in [1.807, 2.05) is 48.3 Å². The summed E-state index contributed by atoms with van der Waals surface area (Å²) in [7, 11) is 0. The highest BCUT2D eigenvalue weighted by molar-refractivity contribution is 6.30. The van der Waals surface area contributed by atoms with Gasteiger partial charge >= 0.3 is 6.03 Å². The highest BCUT2D eigenvalue weighted by atomic mass is 35.5. The van der Waals surface area contributed by atoms with Crippen LogP contribution in [-0.4, -0.2) is 31.8 Å². The Hall–Kier alpha value is -2.93. The van der Waals surface area contributed by atoms with E-state index in [-0.39, 0.29) is 18.1 Å². The molecule has 7 nitrogen and oxygen atoms in total. The summed E-state index contributed by atoms with van der Waals surface area (Å²) in [5.41, 5.74) is 2.82. The molecule has 156 valence electrons. The van der Waals surface area contributed by atoms with Gasteiger partial charge in [0.05, 0.1) is 30.2 Å². The van der Waals surface area contributed by atoms with E-state index in [0.717, 1.165) is 42.5 Å². The smallest absolute Gasteiger partial charge is 0.315 e. The van der Waals surface area contributed by atoms with Crippen LogP contribution in [0.25, 0.3) is 11.3 Å². The molecule has 2 heterocycles. The molecule has 0 spiro atoms. The molecule has 4 rings (SSSR count). The minimum absolute atomic E-state index is 0.0813. The zero-order valence-electron chi connectivity index (χ0n) is 16.8. The first-order chi connectivity index (χ1) is 14.6. The molecular formula is C22H25ClN6O. The van der Waals surface area contributed by atoms with Gasteiger partial charge in [-0.1, -0.05) is 23.7 Å². The van der Waals surface area contributed by atoms with Crippen LogP contribution in [0.2, 0.25) is 5.02 Å². The Bertz CT molecular complexity index is 967. The van der Waals surface area contributed by atoms with Crippen molar-refractivity contribution in [1.29, 1.82) is 0 Å². The Morgan fingerprint density at radius 3 is 2.60 bits per heavy atom. The maximum absolute atomic E-state index is 12.4. The van der Waals surface area contributed by atoms with Crippen molar-refractivity contribution in [2.45, 2.75) is 50.7 Å². The molecule has 1 aliphatic carbocycles. The second-order valence-corrected chi connectivity index (χ2v) is 8.13. The van der Waals surface area contributed by atoms with Crippen molar-refractivity contribution >= 4 is 17.6 Å². The average molecular weight is 425 g/mol. The van der Waals surface area contributed by atoms with Gasteiger partial charge in [0.1, 0.15) is 0 Å². The summed E-state index contributed by atoms with van der Waals surface area (Å²) in [5, 5.41) is 11.3. The molecule has 2 amide bonds. The summed E-state index contributed by atoms with van der Waals surface area (Å²) < 4.78 is 2.02. The van der Waals surface area contributed by atoms with E-state index in [0.29, 0.717) is 11.1 Å². The van der Waals surface area contributed by atoms with Crippen molar-refractivity contribution in [3.05, 3.63) is 65.8 Å². The number of nitrogens with zero attached hydrogens (tertiary/aromatic N) is 4. The highest BCUT2D eigenvalue weighted by Gasteiger charge is 2.24. The lowest BCUT2D eigenvalue weighted by Gasteiger charge is -2.29. The van der Waals surface area contributed by atoms with Gasteiger partial charge in [0.25, 0.3) is 0 Å². The average Bonchev–Trinajstić information content (AvgIpc) is 3.25. The monoisotopic (exact) mass is 424 g/mol. The zero-order valence-corrected chi connectivity index (χ0v) is 17.6. The van der Waals surface area contributed by atoms with E-state index < -0.39 is 0 Å². The lowest BCUT2D eigenvalue weighted by Crippen LogP contribution is -2.44. The summed E-state index contributed by atoms with van der Waals surface area (Å²) in [6, 6.07) is 7.82. The first-order valence-corrected chi connectivity index (χ1v) is 10.6. The Morgan fingerprint density at radius 2 is 1.90 bits per heavy atom.